The molecule has 1 aromatic heterocycles. The first-order valence-electron chi connectivity index (χ1n) is 6.35. The van der Waals surface area contributed by atoms with Crippen LogP contribution < -0.4 is 0 Å². The number of aliphatic hydroxyl groups is 1. The smallest absolute Gasteiger partial charge is 0.0671 e. The van der Waals surface area contributed by atoms with Crippen LogP contribution in [0.3, 0.4) is 0 Å². The fourth-order valence-electron chi connectivity index (χ4n) is 2.74. The Morgan fingerprint density at radius 3 is 3.18 bits per heavy atom. The highest BCUT2D eigenvalue weighted by Crippen LogP contribution is 2.34. The molecule has 0 bridgehead atoms. The van der Waals surface area contributed by atoms with Crippen molar-refractivity contribution < 1.29 is 9.84 Å². The van der Waals surface area contributed by atoms with Gasteiger partial charge in [-0.1, -0.05) is 13.0 Å². The van der Waals surface area contributed by atoms with Crippen molar-refractivity contribution in [2.24, 2.45) is 5.92 Å². The van der Waals surface area contributed by atoms with Crippen molar-refractivity contribution >= 4 is 0 Å². The van der Waals surface area contributed by atoms with Crippen LogP contribution in [-0.4, -0.2) is 29.9 Å². The predicted molar refractivity (Wildman–Crippen MR) is 67.0 cm³/mol. The van der Waals surface area contributed by atoms with Gasteiger partial charge in [-0.05, 0) is 30.9 Å². The molecule has 0 aromatic carbocycles. The van der Waals surface area contributed by atoms with Crippen molar-refractivity contribution in [3.8, 4) is 0 Å². The van der Waals surface area contributed by atoms with E-state index >= 15 is 0 Å². The van der Waals surface area contributed by atoms with E-state index in [2.05, 4.69) is 11.1 Å². The van der Waals surface area contributed by atoms with Crippen LogP contribution in [0, 0.1) is 5.92 Å². The molecular weight excluding hydrogens is 214 g/mol. The molecule has 0 amide bonds. The summed E-state index contributed by atoms with van der Waals surface area (Å²) in [5.74, 6) is 0.322. The van der Waals surface area contributed by atoms with E-state index < -0.39 is 0 Å². The molecule has 2 rings (SSSR count). The van der Waals surface area contributed by atoms with Gasteiger partial charge in [0.15, 0.2) is 0 Å². The molecule has 1 aliphatic rings. The minimum atomic E-state index is -0.358. The topological polar surface area (TPSA) is 42.4 Å². The van der Waals surface area contributed by atoms with Crippen LogP contribution >= 0.6 is 0 Å². The van der Waals surface area contributed by atoms with Crippen LogP contribution in [0.5, 0.6) is 0 Å². The minimum absolute atomic E-state index is 0.151. The molecule has 17 heavy (non-hydrogen) atoms. The van der Waals surface area contributed by atoms with E-state index in [1.807, 2.05) is 19.2 Å². The molecule has 1 aliphatic carbocycles. The SMILES string of the molecule is COCC(C)C(O)C1CCCc2cccnc21. The van der Waals surface area contributed by atoms with Gasteiger partial charge in [0.2, 0.25) is 0 Å². The molecule has 3 unspecified atom stereocenters. The summed E-state index contributed by atoms with van der Waals surface area (Å²) in [6.45, 7) is 2.63. The number of nitrogens with zero attached hydrogens (tertiary/aromatic N) is 1. The zero-order chi connectivity index (χ0) is 12.3. The molecule has 3 atom stereocenters. The number of aryl methyl sites for hydroxylation is 1. The molecule has 0 saturated carbocycles. The van der Waals surface area contributed by atoms with Crippen molar-refractivity contribution in [1.82, 2.24) is 4.98 Å². The van der Waals surface area contributed by atoms with Crippen LogP contribution in [0.15, 0.2) is 18.3 Å². The second-order valence-corrected chi connectivity index (χ2v) is 4.97. The first-order valence-corrected chi connectivity index (χ1v) is 6.35. The number of aromatic nitrogens is 1. The van der Waals surface area contributed by atoms with Gasteiger partial charge < -0.3 is 9.84 Å². The monoisotopic (exact) mass is 235 g/mol. The fraction of sp³-hybridized carbons (Fsp3) is 0.643. The third-order valence-corrected chi connectivity index (χ3v) is 3.66. The Bertz CT molecular complexity index is 367. The lowest BCUT2D eigenvalue weighted by Crippen LogP contribution is -2.31. The maximum Gasteiger partial charge on any atom is 0.0671 e. The molecule has 1 aromatic rings. The number of hydrogen-bond acceptors (Lipinski definition) is 3. The molecular formula is C14H21NO2. The molecule has 0 spiro atoms. The molecule has 0 aliphatic heterocycles. The van der Waals surface area contributed by atoms with Gasteiger partial charge in [-0.15, -0.1) is 0 Å². The molecule has 3 heteroatoms. The molecule has 1 heterocycles. The number of methoxy groups -OCH3 is 1. The average molecular weight is 235 g/mol. The van der Waals surface area contributed by atoms with E-state index in [0.29, 0.717) is 6.61 Å². The van der Waals surface area contributed by atoms with Gasteiger partial charge >= 0.3 is 0 Å². The second kappa shape index (κ2) is 5.61. The number of fused-ring (bicyclic) bond motifs is 1. The standard InChI is InChI=1S/C14H21NO2/c1-10(9-17-2)14(16)12-7-3-5-11-6-4-8-15-13(11)12/h4,6,8,10,12,14,16H,3,5,7,9H2,1-2H3. The second-order valence-electron chi connectivity index (χ2n) is 4.97. The largest absolute Gasteiger partial charge is 0.392 e. The van der Waals surface area contributed by atoms with Gasteiger partial charge in [0, 0.05) is 30.8 Å². The van der Waals surface area contributed by atoms with Gasteiger partial charge in [0.25, 0.3) is 0 Å². The highest BCUT2D eigenvalue weighted by molar-refractivity contribution is 5.27. The van der Waals surface area contributed by atoms with E-state index in [1.54, 1.807) is 7.11 Å². The highest BCUT2D eigenvalue weighted by Gasteiger charge is 2.30. The molecule has 0 saturated heterocycles. The van der Waals surface area contributed by atoms with Crippen LogP contribution in [-0.2, 0) is 11.2 Å². The normalized spacial score (nSPS) is 22.9. The summed E-state index contributed by atoms with van der Waals surface area (Å²) in [4.78, 5) is 4.46. The molecule has 1 N–H and O–H groups in total. The minimum Gasteiger partial charge on any atom is -0.392 e. The van der Waals surface area contributed by atoms with Crippen molar-refractivity contribution in [3.63, 3.8) is 0 Å². The summed E-state index contributed by atoms with van der Waals surface area (Å²) in [5.41, 5.74) is 2.39. The quantitative estimate of drug-likeness (QED) is 0.869. The van der Waals surface area contributed by atoms with Crippen molar-refractivity contribution in [2.45, 2.75) is 38.2 Å². The van der Waals surface area contributed by atoms with Crippen LogP contribution in [0.2, 0.25) is 0 Å². The summed E-state index contributed by atoms with van der Waals surface area (Å²) < 4.78 is 5.12. The Morgan fingerprint density at radius 1 is 1.59 bits per heavy atom. The summed E-state index contributed by atoms with van der Waals surface area (Å²) in [6, 6.07) is 4.11. The zero-order valence-corrected chi connectivity index (χ0v) is 10.6. The maximum absolute atomic E-state index is 10.4. The highest BCUT2D eigenvalue weighted by atomic mass is 16.5. The van der Waals surface area contributed by atoms with E-state index in [-0.39, 0.29) is 17.9 Å². The Kier molecular flexibility index (Phi) is 4.13. The maximum atomic E-state index is 10.4. The summed E-state index contributed by atoms with van der Waals surface area (Å²) in [6.07, 6.45) is 4.72. The number of hydrogen-bond donors (Lipinski definition) is 1. The summed E-state index contributed by atoms with van der Waals surface area (Å²) in [5, 5.41) is 10.4. The summed E-state index contributed by atoms with van der Waals surface area (Å²) in [7, 11) is 1.68. The first kappa shape index (κ1) is 12.5. The van der Waals surface area contributed by atoms with Crippen molar-refractivity contribution in [2.75, 3.05) is 13.7 Å². The lowest BCUT2D eigenvalue weighted by atomic mass is 9.79. The number of pyridine rings is 1. The van der Waals surface area contributed by atoms with Gasteiger partial charge in [0.05, 0.1) is 12.7 Å². The Hall–Kier alpha value is -0.930. The predicted octanol–water partition coefficient (Wildman–Crippen LogP) is 2.14. The fourth-order valence-corrected chi connectivity index (χ4v) is 2.74. The lowest BCUT2D eigenvalue weighted by molar-refractivity contribution is 0.0346. The van der Waals surface area contributed by atoms with Gasteiger partial charge in [0.1, 0.15) is 0 Å². The molecule has 3 nitrogen and oxygen atoms in total. The third kappa shape index (κ3) is 2.67. The van der Waals surface area contributed by atoms with Gasteiger partial charge in [-0.2, -0.15) is 0 Å². The molecule has 94 valence electrons. The van der Waals surface area contributed by atoms with Crippen LogP contribution in [0.1, 0.15) is 36.9 Å². The van der Waals surface area contributed by atoms with E-state index in [0.717, 1.165) is 25.0 Å². The summed E-state index contributed by atoms with van der Waals surface area (Å²) >= 11 is 0. The van der Waals surface area contributed by atoms with Crippen molar-refractivity contribution in [1.29, 1.82) is 0 Å². The molecule has 0 fully saturated rings. The Balaban J connectivity index is 2.17. The number of rotatable bonds is 4. The average Bonchev–Trinajstić information content (AvgIpc) is 2.37. The Morgan fingerprint density at radius 2 is 2.41 bits per heavy atom. The number of aliphatic hydroxyl groups excluding tert-OH is 1. The lowest BCUT2D eigenvalue weighted by Gasteiger charge is -2.31. The van der Waals surface area contributed by atoms with E-state index in [4.69, 9.17) is 4.74 Å². The first-order chi connectivity index (χ1) is 8.24. The number of ether oxygens (including phenoxy) is 1. The van der Waals surface area contributed by atoms with E-state index in [9.17, 15) is 5.11 Å². The third-order valence-electron chi connectivity index (χ3n) is 3.66. The molecule has 0 radical (unpaired) electrons. The van der Waals surface area contributed by atoms with Crippen LogP contribution in [0.25, 0.3) is 0 Å². The van der Waals surface area contributed by atoms with Gasteiger partial charge in [-0.25, -0.2) is 0 Å². The van der Waals surface area contributed by atoms with Crippen LogP contribution in [0.4, 0.5) is 0 Å². The van der Waals surface area contributed by atoms with E-state index in [1.165, 1.54) is 5.56 Å². The van der Waals surface area contributed by atoms with Gasteiger partial charge in [-0.3, -0.25) is 4.98 Å². The zero-order valence-electron chi connectivity index (χ0n) is 10.6. The van der Waals surface area contributed by atoms with Crippen molar-refractivity contribution in [3.05, 3.63) is 29.6 Å². The Labute approximate surface area is 103 Å².